The first kappa shape index (κ1) is 13.9. The van der Waals surface area contributed by atoms with Gasteiger partial charge in [0, 0.05) is 11.6 Å². The van der Waals surface area contributed by atoms with Gasteiger partial charge in [0.05, 0.1) is 23.9 Å². The number of benzene rings is 2. The van der Waals surface area contributed by atoms with E-state index in [0.29, 0.717) is 18.1 Å². The maximum Gasteiger partial charge on any atom is 0.140 e. The molecule has 2 aromatic carbocycles. The van der Waals surface area contributed by atoms with Crippen LogP contribution in [0.25, 0.3) is 10.2 Å². The lowest BCUT2D eigenvalue weighted by Gasteiger charge is -2.10. The van der Waals surface area contributed by atoms with Crippen molar-refractivity contribution in [1.82, 2.24) is 4.98 Å². The smallest absolute Gasteiger partial charge is 0.140 e. The first-order chi connectivity index (χ1) is 10.3. The van der Waals surface area contributed by atoms with Crippen LogP contribution in [-0.4, -0.2) is 17.2 Å². The van der Waals surface area contributed by atoms with Crippen LogP contribution in [0.3, 0.4) is 0 Å². The van der Waals surface area contributed by atoms with E-state index >= 15 is 0 Å². The molecule has 3 aromatic rings. The van der Waals surface area contributed by atoms with Crippen LogP contribution in [0, 0.1) is 0 Å². The van der Waals surface area contributed by atoms with Gasteiger partial charge in [-0.25, -0.2) is 4.98 Å². The molecule has 0 amide bonds. The second-order valence-corrected chi connectivity index (χ2v) is 5.61. The van der Waals surface area contributed by atoms with Crippen molar-refractivity contribution in [3.63, 3.8) is 0 Å². The SMILES string of the molecule is COc1ccc(CO)c(OCc2nc3ccccc3s2)c1. The number of methoxy groups -OCH3 is 1. The number of hydrogen-bond acceptors (Lipinski definition) is 5. The number of aromatic nitrogens is 1. The second kappa shape index (κ2) is 6.11. The van der Waals surface area contributed by atoms with Gasteiger partial charge >= 0.3 is 0 Å². The van der Waals surface area contributed by atoms with E-state index in [0.717, 1.165) is 20.8 Å². The molecule has 0 aliphatic rings. The highest BCUT2D eigenvalue weighted by atomic mass is 32.1. The van der Waals surface area contributed by atoms with E-state index in [9.17, 15) is 5.11 Å². The topological polar surface area (TPSA) is 51.6 Å². The van der Waals surface area contributed by atoms with E-state index in [1.165, 1.54) is 0 Å². The van der Waals surface area contributed by atoms with E-state index < -0.39 is 0 Å². The largest absolute Gasteiger partial charge is 0.497 e. The Hall–Kier alpha value is -2.11. The highest BCUT2D eigenvalue weighted by Gasteiger charge is 2.08. The van der Waals surface area contributed by atoms with Crippen molar-refractivity contribution in [3.05, 3.63) is 53.0 Å². The summed E-state index contributed by atoms with van der Waals surface area (Å²) < 4.78 is 12.1. The first-order valence-electron chi connectivity index (χ1n) is 6.55. The number of nitrogens with zero attached hydrogens (tertiary/aromatic N) is 1. The minimum atomic E-state index is -0.0703. The average molecular weight is 301 g/mol. The zero-order valence-corrected chi connectivity index (χ0v) is 12.4. The van der Waals surface area contributed by atoms with Crippen LogP contribution in [0.1, 0.15) is 10.6 Å². The van der Waals surface area contributed by atoms with E-state index in [1.54, 1.807) is 36.6 Å². The molecule has 21 heavy (non-hydrogen) atoms. The number of fused-ring (bicyclic) bond motifs is 1. The van der Waals surface area contributed by atoms with E-state index in [2.05, 4.69) is 4.98 Å². The summed E-state index contributed by atoms with van der Waals surface area (Å²) in [7, 11) is 1.60. The van der Waals surface area contributed by atoms with Crippen molar-refractivity contribution < 1.29 is 14.6 Å². The van der Waals surface area contributed by atoms with Gasteiger partial charge in [-0.3, -0.25) is 0 Å². The number of ether oxygens (including phenoxy) is 2. The Morgan fingerprint density at radius 3 is 2.81 bits per heavy atom. The van der Waals surface area contributed by atoms with Crippen molar-refractivity contribution in [1.29, 1.82) is 0 Å². The fourth-order valence-corrected chi connectivity index (χ4v) is 2.93. The quantitative estimate of drug-likeness (QED) is 0.785. The molecule has 1 heterocycles. The molecule has 0 atom stereocenters. The molecule has 5 heteroatoms. The molecule has 0 aliphatic carbocycles. The Balaban J connectivity index is 1.80. The van der Waals surface area contributed by atoms with Crippen LogP contribution in [0.15, 0.2) is 42.5 Å². The maximum atomic E-state index is 9.36. The fraction of sp³-hybridized carbons (Fsp3) is 0.188. The van der Waals surface area contributed by atoms with Gasteiger partial charge in [0.15, 0.2) is 0 Å². The summed E-state index contributed by atoms with van der Waals surface area (Å²) in [6.07, 6.45) is 0. The predicted molar refractivity (Wildman–Crippen MR) is 82.9 cm³/mol. The van der Waals surface area contributed by atoms with Crippen molar-refractivity contribution >= 4 is 21.6 Å². The van der Waals surface area contributed by atoms with Gasteiger partial charge in [-0.05, 0) is 24.3 Å². The molecule has 1 aromatic heterocycles. The third kappa shape index (κ3) is 2.99. The van der Waals surface area contributed by atoms with Gasteiger partial charge in [-0.15, -0.1) is 11.3 Å². The van der Waals surface area contributed by atoms with Crippen LogP contribution >= 0.6 is 11.3 Å². The van der Waals surface area contributed by atoms with Gasteiger partial charge in [0.1, 0.15) is 23.1 Å². The second-order valence-electron chi connectivity index (χ2n) is 4.50. The summed E-state index contributed by atoms with van der Waals surface area (Å²) >= 11 is 1.61. The van der Waals surface area contributed by atoms with Gasteiger partial charge in [-0.1, -0.05) is 12.1 Å². The Kier molecular flexibility index (Phi) is 4.03. The summed E-state index contributed by atoms with van der Waals surface area (Å²) in [5, 5.41) is 10.3. The molecule has 0 radical (unpaired) electrons. The molecule has 108 valence electrons. The molecular formula is C16H15NO3S. The molecule has 0 unspecified atom stereocenters. The molecule has 0 bridgehead atoms. The highest BCUT2D eigenvalue weighted by molar-refractivity contribution is 7.18. The van der Waals surface area contributed by atoms with Crippen LogP contribution in [0.4, 0.5) is 0 Å². The van der Waals surface area contributed by atoms with E-state index in [-0.39, 0.29) is 6.61 Å². The average Bonchev–Trinajstić information content (AvgIpc) is 2.95. The number of rotatable bonds is 5. The minimum Gasteiger partial charge on any atom is -0.497 e. The van der Waals surface area contributed by atoms with Crippen molar-refractivity contribution in [3.8, 4) is 11.5 Å². The Labute approximate surface area is 126 Å². The predicted octanol–water partition coefficient (Wildman–Crippen LogP) is 3.38. The van der Waals surface area contributed by atoms with E-state index in [1.807, 2.05) is 24.3 Å². The summed E-state index contributed by atoms with van der Waals surface area (Å²) in [5.74, 6) is 1.32. The monoisotopic (exact) mass is 301 g/mol. The normalized spacial score (nSPS) is 10.8. The number of para-hydroxylation sites is 1. The van der Waals surface area contributed by atoms with Gasteiger partial charge in [-0.2, -0.15) is 0 Å². The molecule has 0 fully saturated rings. The first-order valence-corrected chi connectivity index (χ1v) is 7.37. The van der Waals surface area contributed by atoms with Gasteiger partial charge in [0.2, 0.25) is 0 Å². The van der Waals surface area contributed by atoms with Gasteiger partial charge in [0.25, 0.3) is 0 Å². The number of thiazole rings is 1. The van der Waals surface area contributed by atoms with Crippen molar-refractivity contribution in [2.75, 3.05) is 7.11 Å². The lowest BCUT2D eigenvalue weighted by atomic mass is 10.2. The van der Waals surface area contributed by atoms with Crippen LogP contribution < -0.4 is 9.47 Å². The molecule has 0 spiro atoms. The third-order valence-corrected chi connectivity index (χ3v) is 4.14. The Bertz CT molecular complexity index is 721. The van der Waals surface area contributed by atoms with Crippen molar-refractivity contribution in [2.45, 2.75) is 13.2 Å². The van der Waals surface area contributed by atoms with Crippen molar-refractivity contribution in [2.24, 2.45) is 0 Å². The lowest BCUT2D eigenvalue weighted by molar-refractivity contribution is 0.258. The maximum absolute atomic E-state index is 9.36. The number of aliphatic hydroxyl groups excluding tert-OH is 1. The van der Waals surface area contributed by atoms with E-state index in [4.69, 9.17) is 9.47 Å². The standard InChI is InChI=1S/C16H15NO3S/c1-19-12-7-6-11(9-18)14(8-12)20-10-16-17-13-4-2-3-5-15(13)21-16/h2-8,18H,9-10H2,1H3. The Morgan fingerprint density at radius 1 is 1.19 bits per heavy atom. The summed E-state index contributed by atoms with van der Waals surface area (Å²) in [4.78, 5) is 4.53. The summed E-state index contributed by atoms with van der Waals surface area (Å²) in [6.45, 7) is 0.304. The number of hydrogen-bond donors (Lipinski definition) is 1. The minimum absolute atomic E-state index is 0.0703. The van der Waals surface area contributed by atoms with Crippen LogP contribution in [0.5, 0.6) is 11.5 Å². The molecular weight excluding hydrogens is 286 g/mol. The molecule has 4 nitrogen and oxygen atoms in total. The fourth-order valence-electron chi connectivity index (χ4n) is 2.05. The molecule has 0 saturated carbocycles. The van der Waals surface area contributed by atoms with Gasteiger partial charge < -0.3 is 14.6 Å². The summed E-state index contributed by atoms with van der Waals surface area (Å²) in [6, 6.07) is 13.4. The van der Waals surface area contributed by atoms with Crippen LogP contribution in [-0.2, 0) is 13.2 Å². The highest BCUT2D eigenvalue weighted by Crippen LogP contribution is 2.27. The number of aliphatic hydroxyl groups is 1. The summed E-state index contributed by atoms with van der Waals surface area (Å²) in [5.41, 5.74) is 1.71. The molecule has 1 N–H and O–H groups in total. The lowest BCUT2D eigenvalue weighted by Crippen LogP contribution is -1.99. The Morgan fingerprint density at radius 2 is 2.05 bits per heavy atom. The zero-order valence-electron chi connectivity index (χ0n) is 11.6. The third-order valence-electron chi connectivity index (χ3n) is 3.13. The molecule has 0 aliphatic heterocycles. The molecule has 0 saturated heterocycles. The zero-order chi connectivity index (χ0) is 14.7. The van der Waals surface area contributed by atoms with Crippen LogP contribution in [0.2, 0.25) is 0 Å². The molecule has 3 rings (SSSR count).